The molecule has 2 N–H and O–H groups in total. The van der Waals surface area contributed by atoms with Crippen LogP contribution in [0.15, 0.2) is 33.6 Å². The highest BCUT2D eigenvalue weighted by atomic mass is 79.9. The molecule has 0 saturated carbocycles. The monoisotopic (exact) mass is 354 g/mol. The SMILES string of the molecule is Cl.O=S(=O)(NCC1CCNC1)c1ccc(Br)cc1. The van der Waals surface area contributed by atoms with Crippen LogP contribution in [0.5, 0.6) is 0 Å². The topological polar surface area (TPSA) is 58.2 Å². The normalized spacial score (nSPS) is 19.5. The molecule has 2 rings (SSSR count). The number of hydrogen-bond acceptors (Lipinski definition) is 3. The molecule has 1 unspecified atom stereocenters. The Morgan fingerprint density at radius 1 is 1.33 bits per heavy atom. The lowest BCUT2D eigenvalue weighted by Gasteiger charge is -2.10. The third-order valence-electron chi connectivity index (χ3n) is 2.85. The minimum absolute atomic E-state index is 0. The maximum atomic E-state index is 12.0. The summed E-state index contributed by atoms with van der Waals surface area (Å²) in [4.78, 5) is 0.312. The zero-order valence-electron chi connectivity index (χ0n) is 9.73. The molecule has 0 aromatic heterocycles. The van der Waals surface area contributed by atoms with E-state index in [9.17, 15) is 8.42 Å². The summed E-state index contributed by atoms with van der Waals surface area (Å²) >= 11 is 3.28. The molecule has 0 radical (unpaired) electrons. The van der Waals surface area contributed by atoms with Crippen molar-refractivity contribution in [1.82, 2.24) is 10.0 Å². The first kappa shape index (κ1) is 15.9. The van der Waals surface area contributed by atoms with Crippen LogP contribution in [0.25, 0.3) is 0 Å². The van der Waals surface area contributed by atoms with Gasteiger partial charge < -0.3 is 5.32 Å². The molecule has 102 valence electrons. The first-order valence-corrected chi connectivity index (χ1v) is 7.81. The van der Waals surface area contributed by atoms with E-state index in [1.54, 1.807) is 24.3 Å². The fraction of sp³-hybridized carbons (Fsp3) is 0.455. The van der Waals surface area contributed by atoms with E-state index in [0.29, 0.717) is 17.4 Å². The molecule has 1 aromatic carbocycles. The second-order valence-electron chi connectivity index (χ2n) is 4.16. The zero-order valence-corrected chi connectivity index (χ0v) is 12.9. The van der Waals surface area contributed by atoms with Crippen LogP contribution in [-0.4, -0.2) is 28.1 Å². The summed E-state index contributed by atoms with van der Waals surface area (Å²) < 4.78 is 27.4. The Kier molecular flexibility index (Phi) is 6.07. The van der Waals surface area contributed by atoms with E-state index in [-0.39, 0.29) is 12.4 Å². The van der Waals surface area contributed by atoms with Crippen molar-refractivity contribution in [3.05, 3.63) is 28.7 Å². The summed E-state index contributed by atoms with van der Waals surface area (Å²) in [5, 5.41) is 3.21. The molecule has 7 heteroatoms. The van der Waals surface area contributed by atoms with Crippen molar-refractivity contribution in [2.75, 3.05) is 19.6 Å². The summed E-state index contributed by atoms with van der Waals surface area (Å²) in [6.45, 7) is 2.37. The molecular weight excluding hydrogens is 340 g/mol. The van der Waals surface area contributed by atoms with Crippen molar-refractivity contribution in [2.24, 2.45) is 5.92 Å². The van der Waals surface area contributed by atoms with Gasteiger partial charge in [0.25, 0.3) is 0 Å². The standard InChI is InChI=1S/C11H15BrN2O2S.ClH/c12-10-1-3-11(4-2-10)17(15,16)14-8-9-5-6-13-7-9;/h1-4,9,13-14H,5-8H2;1H. The van der Waals surface area contributed by atoms with Crippen LogP contribution in [0.1, 0.15) is 6.42 Å². The first-order valence-electron chi connectivity index (χ1n) is 5.54. The van der Waals surface area contributed by atoms with Gasteiger partial charge >= 0.3 is 0 Å². The minimum atomic E-state index is -3.36. The zero-order chi connectivity index (χ0) is 12.3. The van der Waals surface area contributed by atoms with Crippen LogP contribution >= 0.6 is 28.3 Å². The summed E-state index contributed by atoms with van der Waals surface area (Å²) in [6, 6.07) is 6.65. The van der Waals surface area contributed by atoms with E-state index in [2.05, 4.69) is 26.0 Å². The third kappa shape index (κ3) is 4.20. The Hall–Kier alpha value is -0.140. The fourth-order valence-electron chi connectivity index (χ4n) is 1.81. The van der Waals surface area contributed by atoms with Gasteiger partial charge in [-0.15, -0.1) is 12.4 Å². The molecule has 1 aliphatic heterocycles. The predicted octanol–water partition coefficient (Wildman–Crippen LogP) is 1.76. The molecule has 1 atom stereocenters. The van der Waals surface area contributed by atoms with Crippen molar-refractivity contribution in [1.29, 1.82) is 0 Å². The summed E-state index contributed by atoms with van der Waals surface area (Å²) in [6.07, 6.45) is 1.03. The van der Waals surface area contributed by atoms with Gasteiger partial charge in [0.2, 0.25) is 10.0 Å². The van der Waals surface area contributed by atoms with Crippen molar-refractivity contribution in [3.8, 4) is 0 Å². The van der Waals surface area contributed by atoms with Gasteiger partial charge in [0, 0.05) is 11.0 Å². The van der Waals surface area contributed by atoms with E-state index in [0.717, 1.165) is 24.0 Å². The highest BCUT2D eigenvalue weighted by molar-refractivity contribution is 9.10. The largest absolute Gasteiger partial charge is 0.316 e. The Balaban J connectivity index is 0.00000162. The van der Waals surface area contributed by atoms with Crippen LogP contribution in [-0.2, 0) is 10.0 Å². The quantitative estimate of drug-likeness (QED) is 0.865. The van der Waals surface area contributed by atoms with Gasteiger partial charge in [0.15, 0.2) is 0 Å². The van der Waals surface area contributed by atoms with Crippen molar-refractivity contribution < 1.29 is 8.42 Å². The van der Waals surface area contributed by atoms with Gasteiger partial charge in [-0.05, 0) is 49.7 Å². The molecular formula is C11H16BrClN2O2S. The number of benzene rings is 1. The van der Waals surface area contributed by atoms with Crippen LogP contribution in [0, 0.1) is 5.92 Å². The maximum Gasteiger partial charge on any atom is 0.240 e. The molecule has 0 spiro atoms. The Morgan fingerprint density at radius 2 is 2.00 bits per heavy atom. The van der Waals surface area contributed by atoms with Gasteiger partial charge in [0.05, 0.1) is 4.90 Å². The molecule has 1 aliphatic rings. The summed E-state index contributed by atoms with van der Waals surface area (Å²) in [5.74, 6) is 0.403. The van der Waals surface area contributed by atoms with Gasteiger partial charge in [-0.3, -0.25) is 0 Å². The average molecular weight is 356 g/mol. The minimum Gasteiger partial charge on any atom is -0.316 e. The van der Waals surface area contributed by atoms with Gasteiger partial charge in [-0.1, -0.05) is 15.9 Å². The van der Waals surface area contributed by atoms with E-state index >= 15 is 0 Å². The van der Waals surface area contributed by atoms with Gasteiger partial charge in [0.1, 0.15) is 0 Å². The van der Waals surface area contributed by atoms with E-state index in [4.69, 9.17) is 0 Å². The molecule has 1 heterocycles. The van der Waals surface area contributed by atoms with E-state index in [1.807, 2.05) is 0 Å². The van der Waals surface area contributed by atoms with E-state index < -0.39 is 10.0 Å². The Labute approximate surface area is 122 Å². The van der Waals surface area contributed by atoms with Crippen molar-refractivity contribution in [3.63, 3.8) is 0 Å². The second kappa shape index (κ2) is 6.86. The molecule has 1 saturated heterocycles. The Morgan fingerprint density at radius 3 is 2.56 bits per heavy atom. The fourth-order valence-corrected chi connectivity index (χ4v) is 3.19. The predicted molar refractivity (Wildman–Crippen MR) is 77.6 cm³/mol. The van der Waals surface area contributed by atoms with Crippen LogP contribution in [0.3, 0.4) is 0 Å². The first-order chi connectivity index (χ1) is 8.08. The maximum absolute atomic E-state index is 12.0. The molecule has 18 heavy (non-hydrogen) atoms. The molecule has 1 fully saturated rings. The molecule has 1 aromatic rings. The highest BCUT2D eigenvalue weighted by Gasteiger charge is 2.19. The van der Waals surface area contributed by atoms with Crippen molar-refractivity contribution in [2.45, 2.75) is 11.3 Å². The number of hydrogen-bond donors (Lipinski definition) is 2. The highest BCUT2D eigenvalue weighted by Crippen LogP contribution is 2.15. The van der Waals surface area contributed by atoms with Crippen molar-refractivity contribution >= 4 is 38.4 Å². The van der Waals surface area contributed by atoms with Crippen LogP contribution in [0.2, 0.25) is 0 Å². The van der Waals surface area contributed by atoms with Crippen LogP contribution < -0.4 is 10.0 Å². The Bertz CT molecular complexity index is 472. The van der Waals surface area contributed by atoms with E-state index in [1.165, 1.54) is 0 Å². The molecule has 0 aliphatic carbocycles. The molecule has 0 bridgehead atoms. The molecule has 0 amide bonds. The van der Waals surface area contributed by atoms with Crippen LogP contribution in [0.4, 0.5) is 0 Å². The second-order valence-corrected chi connectivity index (χ2v) is 6.85. The summed E-state index contributed by atoms with van der Waals surface area (Å²) in [7, 11) is -3.36. The lowest BCUT2D eigenvalue weighted by Crippen LogP contribution is -2.30. The lowest BCUT2D eigenvalue weighted by molar-refractivity contribution is 0.539. The van der Waals surface area contributed by atoms with Gasteiger partial charge in [-0.2, -0.15) is 0 Å². The van der Waals surface area contributed by atoms with Gasteiger partial charge in [-0.25, -0.2) is 13.1 Å². The number of nitrogens with one attached hydrogen (secondary N) is 2. The number of rotatable bonds is 4. The lowest BCUT2D eigenvalue weighted by atomic mass is 10.1. The smallest absolute Gasteiger partial charge is 0.240 e. The number of sulfonamides is 1. The number of halogens is 2. The third-order valence-corrected chi connectivity index (χ3v) is 4.82. The average Bonchev–Trinajstić information content (AvgIpc) is 2.80. The summed E-state index contributed by atoms with van der Waals surface area (Å²) in [5.41, 5.74) is 0. The molecule has 4 nitrogen and oxygen atoms in total.